The van der Waals surface area contributed by atoms with Crippen molar-refractivity contribution in [3.63, 3.8) is 0 Å². The molecule has 1 aliphatic rings. The number of benzene rings is 1. The van der Waals surface area contributed by atoms with Gasteiger partial charge in [0.05, 0.1) is 0 Å². The third-order valence-electron chi connectivity index (χ3n) is 2.81. The number of nitrogens with zero attached hydrogens (tertiary/aromatic N) is 1. The Bertz CT molecular complexity index is 728. The molecule has 1 aromatic carbocycles. The van der Waals surface area contributed by atoms with Crippen molar-refractivity contribution in [2.24, 2.45) is 5.73 Å². The molecule has 1 heterocycles. The van der Waals surface area contributed by atoms with Gasteiger partial charge in [-0.15, -0.1) is 0 Å². The number of amides is 1. The molecule has 2 rings (SSSR count). The lowest BCUT2D eigenvalue weighted by atomic mass is 10.1. The Balaban J connectivity index is 0.000000307. The van der Waals surface area contributed by atoms with Gasteiger partial charge < -0.3 is 10.6 Å². The molecule has 0 unspecified atom stereocenters. The molecule has 0 radical (unpaired) electrons. The van der Waals surface area contributed by atoms with E-state index in [1.165, 1.54) is 5.56 Å². The van der Waals surface area contributed by atoms with Crippen molar-refractivity contribution >= 4 is 16.0 Å². The highest BCUT2D eigenvalue weighted by Gasteiger charge is 2.44. The van der Waals surface area contributed by atoms with Gasteiger partial charge in [0.25, 0.3) is 0 Å². The average Bonchev–Trinajstić information content (AvgIpc) is 2.47. The third-order valence-corrected chi connectivity index (χ3v) is 3.39. The molecule has 0 saturated carbocycles. The Morgan fingerprint density at radius 3 is 2.25 bits per heavy atom. The summed E-state index contributed by atoms with van der Waals surface area (Å²) in [7, 11) is -5.84. The Morgan fingerprint density at radius 1 is 1.25 bits per heavy atom. The Morgan fingerprint density at radius 2 is 1.79 bits per heavy atom. The summed E-state index contributed by atoms with van der Waals surface area (Å²) in [6, 6.07) is 10.1. The second-order valence-corrected chi connectivity index (χ2v) is 6.12. The molecule has 24 heavy (non-hydrogen) atoms. The molecule has 10 heteroatoms. The number of hydrogen-bond donors (Lipinski definition) is 2. The second-order valence-electron chi connectivity index (χ2n) is 4.71. The van der Waals surface area contributed by atoms with E-state index in [9.17, 15) is 18.0 Å². The summed E-state index contributed by atoms with van der Waals surface area (Å²) < 4.78 is 57.5. The van der Waals surface area contributed by atoms with Crippen molar-refractivity contribution in [2.75, 3.05) is 6.54 Å². The highest BCUT2D eigenvalue weighted by Crippen LogP contribution is 2.20. The number of allylic oxidation sites excluding steroid dienone is 2. The Hall–Kier alpha value is -2.33. The molecule has 0 aliphatic carbocycles. The van der Waals surface area contributed by atoms with Gasteiger partial charge >= 0.3 is 15.6 Å². The van der Waals surface area contributed by atoms with Crippen LogP contribution in [0.4, 0.5) is 13.2 Å². The van der Waals surface area contributed by atoms with Crippen molar-refractivity contribution in [1.29, 1.82) is 0 Å². The van der Waals surface area contributed by atoms with Gasteiger partial charge in [0.2, 0.25) is 5.91 Å². The molecular formula is C14H15F3N2O4S. The maximum absolute atomic E-state index is 11.0. The quantitative estimate of drug-likeness (QED) is 0.629. The minimum absolute atomic E-state index is 0.345. The summed E-state index contributed by atoms with van der Waals surface area (Å²) in [5, 5.41) is 0. The van der Waals surface area contributed by atoms with Gasteiger partial charge in [-0.05, 0) is 17.8 Å². The Kier molecular flexibility index (Phi) is 6.55. The third kappa shape index (κ3) is 6.42. The minimum Gasteiger partial charge on any atom is -0.369 e. The van der Waals surface area contributed by atoms with Gasteiger partial charge in [0, 0.05) is 18.7 Å². The van der Waals surface area contributed by atoms with E-state index in [0.29, 0.717) is 12.1 Å². The SMILES string of the molecule is NC(=O)C1=CC=CN(Cc2ccccc2)C1.O=S(=O)(O)C(F)(F)F. The van der Waals surface area contributed by atoms with Crippen LogP contribution in [0.25, 0.3) is 0 Å². The van der Waals surface area contributed by atoms with Crippen LogP contribution in [0.5, 0.6) is 0 Å². The second kappa shape index (κ2) is 7.97. The van der Waals surface area contributed by atoms with Gasteiger partial charge in [0.15, 0.2) is 0 Å². The maximum atomic E-state index is 11.0. The van der Waals surface area contributed by atoms with Crippen LogP contribution >= 0.6 is 0 Å². The van der Waals surface area contributed by atoms with Gasteiger partial charge in [-0.25, -0.2) is 0 Å². The lowest BCUT2D eigenvalue weighted by Crippen LogP contribution is -2.28. The molecule has 1 amide bonds. The van der Waals surface area contributed by atoms with Crippen LogP contribution in [-0.2, 0) is 21.5 Å². The fourth-order valence-electron chi connectivity index (χ4n) is 1.69. The topological polar surface area (TPSA) is 101 Å². The average molecular weight is 364 g/mol. The molecule has 0 aromatic heterocycles. The molecule has 3 N–H and O–H groups in total. The van der Waals surface area contributed by atoms with Crippen molar-refractivity contribution in [3.05, 3.63) is 59.8 Å². The van der Waals surface area contributed by atoms with E-state index >= 15 is 0 Å². The Labute approximate surface area is 136 Å². The van der Waals surface area contributed by atoms with Gasteiger partial charge in [-0.2, -0.15) is 21.6 Å². The lowest BCUT2D eigenvalue weighted by molar-refractivity contribution is -0.114. The van der Waals surface area contributed by atoms with E-state index in [-0.39, 0.29) is 5.91 Å². The first-order valence-corrected chi connectivity index (χ1v) is 7.93. The summed E-state index contributed by atoms with van der Waals surface area (Å²) in [5.74, 6) is -0.345. The first-order chi connectivity index (χ1) is 11.0. The number of rotatable bonds is 3. The van der Waals surface area contributed by atoms with Crippen molar-refractivity contribution in [3.8, 4) is 0 Å². The van der Waals surface area contributed by atoms with E-state index in [0.717, 1.165) is 6.54 Å². The molecule has 0 fully saturated rings. The zero-order valence-corrected chi connectivity index (χ0v) is 13.1. The smallest absolute Gasteiger partial charge is 0.369 e. The number of carbonyl (C=O) groups excluding carboxylic acids is 1. The molecule has 0 bridgehead atoms. The molecule has 1 aliphatic heterocycles. The van der Waals surface area contributed by atoms with Crippen LogP contribution in [0.1, 0.15) is 5.56 Å². The molecule has 6 nitrogen and oxygen atoms in total. The zero-order valence-electron chi connectivity index (χ0n) is 12.3. The summed E-state index contributed by atoms with van der Waals surface area (Å²) in [5.41, 5.74) is 1.59. The van der Waals surface area contributed by atoms with E-state index in [1.807, 2.05) is 30.5 Å². The molecule has 0 saturated heterocycles. The number of carbonyl (C=O) groups is 1. The van der Waals surface area contributed by atoms with Gasteiger partial charge in [-0.1, -0.05) is 36.4 Å². The normalized spacial score (nSPS) is 14.5. The van der Waals surface area contributed by atoms with Crippen LogP contribution < -0.4 is 5.73 Å². The predicted octanol–water partition coefficient (Wildman–Crippen LogP) is 1.82. The number of primary amides is 1. The summed E-state index contributed by atoms with van der Waals surface area (Å²) in [6.45, 7) is 1.38. The number of nitrogens with two attached hydrogens (primary N) is 1. The maximum Gasteiger partial charge on any atom is 0.522 e. The fraction of sp³-hybridized carbons (Fsp3) is 0.214. The zero-order chi connectivity index (χ0) is 18.4. The van der Waals surface area contributed by atoms with Crippen LogP contribution in [0, 0.1) is 0 Å². The van der Waals surface area contributed by atoms with Crippen LogP contribution in [0.2, 0.25) is 0 Å². The predicted molar refractivity (Wildman–Crippen MR) is 80.9 cm³/mol. The van der Waals surface area contributed by atoms with Gasteiger partial charge in [0.1, 0.15) is 0 Å². The van der Waals surface area contributed by atoms with Crippen molar-refractivity contribution < 1.29 is 30.9 Å². The molecular weight excluding hydrogens is 349 g/mol. The minimum atomic E-state index is -5.84. The summed E-state index contributed by atoms with van der Waals surface area (Å²) >= 11 is 0. The summed E-state index contributed by atoms with van der Waals surface area (Å²) in [6.07, 6.45) is 5.59. The highest BCUT2D eigenvalue weighted by molar-refractivity contribution is 7.86. The van der Waals surface area contributed by atoms with E-state index in [1.54, 1.807) is 6.08 Å². The largest absolute Gasteiger partial charge is 0.522 e. The van der Waals surface area contributed by atoms with E-state index < -0.39 is 15.6 Å². The molecule has 0 atom stereocenters. The molecule has 0 spiro atoms. The number of alkyl halides is 3. The van der Waals surface area contributed by atoms with Crippen molar-refractivity contribution in [2.45, 2.75) is 12.1 Å². The first-order valence-electron chi connectivity index (χ1n) is 6.49. The summed E-state index contributed by atoms with van der Waals surface area (Å²) in [4.78, 5) is 13.1. The number of halogens is 3. The standard InChI is InChI=1S/C13H14N2O.CHF3O3S/c14-13(16)12-7-4-8-15(10-12)9-11-5-2-1-3-6-11;2-1(3,4)8(5,6)7/h1-8H,9-10H2,(H2,14,16);(H,5,6,7). The number of hydrogen-bond acceptors (Lipinski definition) is 4. The van der Waals surface area contributed by atoms with E-state index in [4.69, 9.17) is 18.7 Å². The van der Waals surface area contributed by atoms with Crippen LogP contribution in [0.3, 0.4) is 0 Å². The van der Waals surface area contributed by atoms with Crippen LogP contribution in [0.15, 0.2) is 54.3 Å². The lowest BCUT2D eigenvalue weighted by Gasteiger charge is -2.23. The van der Waals surface area contributed by atoms with Gasteiger partial charge in [-0.3, -0.25) is 9.35 Å². The highest BCUT2D eigenvalue weighted by atomic mass is 32.2. The first kappa shape index (κ1) is 19.7. The molecule has 132 valence electrons. The van der Waals surface area contributed by atoms with Crippen molar-refractivity contribution in [1.82, 2.24) is 4.90 Å². The van der Waals surface area contributed by atoms with E-state index in [2.05, 4.69) is 17.0 Å². The monoisotopic (exact) mass is 364 g/mol. The molecule has 1 aromatic rings. The fourth-order valence-corrected chi connectivity index (χ4v) is 1.69. The van der Waals surface area contributed by atoms with Crippen LogP contribution in [-0.4, -0.2) is 35.8 Å².